The molecule has 0 saturated carbocycles. The van der Waals surface area contributed by atoms with Crippen LogP contribution >= 0.6 is 11.8 Å². The molecule has 0 aliphatic rings. The first kappa shape index (κ1) is 26.3. The second-order valence-electron chi connectivity index (χ2n) is 11.9. The Morgan fingerprint density at radius 3 is 1.56 bits per heavy atom. The number of aromatic hydroxyl groups is 2. The van der Waals surface area contributed by atoms with Crippen LogP contribution in [-0.4, -0.2) is 15.3 Å². The fraction of sp³-hybridized carbons (Fsp3) is 0.536. The SMILES string of the molecule is Cc1cc(C(C)(C)C)c(O)c(C)c1CSC(=O)c1cc(C(C)(C)C)c(O)c(C(C)(C)C)c1. The number of thioether (sulfide) groups is 1. The highest BCUT2D eigenvalue weighted by atomic mass is 32.2. The van der Waals surface area contributed by atoms with Crippen LogP contribution in [-0.2, 0) is 22.0 Å². The molecule has 2 rings (SSSR count). The van der Waals surface area contributed by atoms with Crippen LogP contribution in [0.25, 0.3) is 0 Å². The summed E-state index contributed by atoms with van der Waals surface area (Å²) in [4.78, 5) is 13.2. The van der Waals surface area contributed by atoms with E-state index in [-0.39, 0.29) is 27.1 Å². The van der Waals surface area contributed by atoms with Gasteiger partial charge < -0.3 is 10.2 Å². The molecule has 0 saturated heterocycles. The maximum Gasteiger partial charge on any atom is 0.219 e. The number of phenols is 2. The Bertz CT molecular complexity index is 994. The van der Waals surface area contributed by atoms with Gasteiger partial charge in [-0.1, -0.05) is 80.1 Å². The van der Waals surface area contributed by atoms with Gasteiger partial charge in [-0.15, -0.1) is 0 Å². The summed E-state index contributed by atoms with van der Waals surface area (Å²) in [5, 5.41) is 21.7. The van der Waals surface area contributed by atoms with Gasteiger partial charge in [0.1, 0.15) is 11.5 Å². The van der Waals surface area contributed by atoms with E-state index in [9.17, 15) is 15.0 Å². The molecule has 0 fully saturated rings. The van der Waals surface area contributed by atoms with E-state index in [4.69, 9.17) is 0 Å². The summed E-state index contributed by atoms with van der Waals surface area (Å²) >= 11 is 1.25. The van der Waals surface area contributed by atoms with Crippen molar-refractivity contribution in [3.63, 3.8) is 0 Å². The lowest BCUT2D eigenvalue weighted by molar-refractivity contribution is 0.108. The summed E-state index contributed by atoms with van der Waals surface area (Å²) in [5.41, 5.74) is 5.30. The van der Waals surface area contributed by atoms with Crippen LogP contribution in [0, 0.1) is 13.8 Å². The van der Waals surface area contributed by atoms with Crippen molar-refractivity contribution in [2.24, 2.45) is 0 Å². The first-order valence-corrected chi connectivity index (χ1v) is 12.2. The van der Waals surface area contributed by atoms with Gasteiger partial charge in [-0.05, 0) is 64.5 Å². The lowest BCUT2D eigenvalue weighted by atomic mass is 9.78. The van der Waals surface area contributed by atoms with E-state index in [1.54, 1.807) is 0 Å². The molecule has 0 unspecified atom stereocenters. The molecule has 0 spiro atoms. The number of phenolic OH excluding ortho intramolecular Hbond substituents is 2. The molecule has 4 heteroatoms. The molecular formula is C28H40O3S. The highest BCUT2D eigenvalue weighted by molar-refractivity contribution is 8.13. The molecule has 0 amide bonds. The molecule has 0 heterocycles. The molecule has 176 valence electrons. The molecule has 0 aromatic heterocycles. The molecule has 2 aromatic carbocycles. The fourth-order valence-corrected chi connectivity index (χ4v) is 4.93. The van der Waals surface area contributed by atoms with Crippen LogP contribution in [0.4, 0.5) is 0 Å². The van der Waals surface area contributed by atoms with E-state index in [2.05, 4.69) is 20.8 Å². The van der Waals surface area contributed by atoms with Gasteiger partial charge in [0.15, 0.2) is 0 Å². The van der Waals surface area contributed by atoms with Crippen molar-refractivity contribution in [1.82, 2.24) is 0 Å². The first-order valence-electron chi connectivity index (χ1n) is 11.2. The second kappa shape index (κ2) is 8.78. The Hall–Kier alpha value is -1.94. The number of hydrogen-bond donors (Lipinski definition) is 2. The minimum atomic E-state index is -0.285. The minimum Gasteiger partial charge on any atom is -0.507 e. The van der Waals surface area contributed by atoms with E-state index < -0.39 is 0 Å². The molecule has 2 aromatic rings. The summed E-state index contributed by atoms with van der Waals surface area (Å²) in [5.74, 6) is 1.09. The zero-order valence-corrected chi connectivity index (χ0v) is 22.5. The van der Waals surface area contributed by atoms with Crippen molar-refractivity contribution in [3.8, 4) is 11.5 Å². The predicted octanol–water partition coefficient (Wildman–Crippen LogP) is 7.68. The zero-order chi connectivity index (χ0) is 24.8. The summed E-state index contributed by atoms with van der Waals surface area (Å²) in [7, 11) is 0. The standard InChI is InChI=1S/C28H40O3S/c1-16-12-20(26(3,4)5)23(29)17(2)19(16)15-32-25(31)18-13-21(27(6,7)8)24(30)22(14-18)28(9,10)11/h12-14,29-30H,15H2,1-11H3. The molecule has 0 aliphatic carbocycles. The highest BCUT2D eigenvalue weighted by Crippen LogP contribution is 2.41. The summed E-state index contributed by atoms with van der Waals surface area (Å²) < 4.78 is 0. The van der Waals surface area contributed by atoms with E-state index >= 15 is 0 Å². The largest absolute Gasteiger partial charge is 0.507 e. The molecule has 2 N–H and O–H groups in total. The number of hydrogen-bond acceptors (Lipinski definition) is 4. The van der Waals surface area contributed by atoms with Crippen molar-refractivity contribution in [3.05, 3.63) is 57.1 Å². The molecule has 0 radical (unpaired) electrons. The molecule has 0 aliphatic heterocycles. The van der Waals surface area contributed by atoms with Crippen LogP contribution in [0.15, 0.2) is 18.2 Å². The van der Waals surface area contributed by atoms with Crippen LogP contribution in [0.1, 0.15) is 106 Å². The fourth-order valence-electron chi connectivity index (χ4n) is 3.92. The Kier molecular flexibility index (Phi) is 7.22. The summed E-state index contributed by atoms with van der Waals surface area (Å²) in [6.45, 7) is 22.5. The smallest absolute Gasteiger partial charge is 0.219 e. The van der Waals surface area contributed by atoms with Crippen molar-refractivity contribution < 1.29 is 15.0 Å². The van der Waals surface area contributed by atoms with Gasteiger partial charge in [0, 0.05) is 22.4 Å². The first-order chi connectivity index (χ1) is 14.4. The van der Waals surface area contributed by atoms with Gasteiger partial charge in [0.25, 0.3) is 0 Å². The molecular weight excluding hydrogens is 416 g/mol. The van der Waals surface area contributed by atoms with E-state index in [0.717, 1.165) is 33.4 Å². The predicted molar refractivity (Wildman–Crippen MR) is 137 cm³/mol. The maximum atomic E-state index is 13.2. The molecule has 0 bridgehead atoms. The topological polar surface area (TPSA) is 57.5 Å². The van der Waals surface area contributed by atoms with Crippen molar-refractivity contribution >= 4 is 16.9 Å². The van der Waals surface area contributed by atoms with Crippen LogP contribution in [0.3, 0.4) is 0 Å². The van der Waals surface area contributed by atoms with Gasteiger partial charge >= 0.3 is 0 Å². The second-order valence-corrected chi connectivity index (χ2v) is 12.9. The van der Waals surface area contributed by atoms with Crippen molar-refractivity contribution in [1.29, 1.82) is 0 Å². The molecule has 0 atom stereocenters. The van der Waals surface area contributed by atoms with E-state index in [0.29, 0.717) is 17.1 Å². The van der Waals surface area contributed by atoms with E-state index in [1.807, 2.05) is 73.6 Å². The molecule has 3 nitrogen and oxygen atoms in total. The Balaban J connectivity index is 2.44. The number of rotatable bonds is 3. The average Bonchev–Trinajstić information content (AvgIpc) is 2.61. The number of benzene rings is 2. The van der Waals surface area contributed by atoms with Crippen LogP contribution in [0.5, 0.6) is 11.5 Å². The number of carbonyl (C=O) groups is 1. The van der Waals surface area contributed by atoms with Gasteiger partial charge in [0.2, 0.25) is 5.12 Å². The van der Waals surface area contributed by atoms with E-state index in [1.165, 1.54) is 11.8 Å². The van der Waals surface area contributed by atoms with Gasteiger partial charge in [-0.3, -0.25) is 4.79 Å². The summed E-state index contributed by atoms with van der Waals surface area (Å²) in [6.07, 6.45) is 0. The highest BCUT2D eigenvalue weighted by Gasteiger charge is 2.28. The van der Waals surface area contributed by atoms with Crippen LogP contribution < -0.4 is 0 Å². The summed E-state index contributed by atoms with van der Waals surface area (Å²) in [6, 6.07) is 5.71. The maximum absolute atomic E-state index is 13.2. The number of carbonyl (C=O) groups excluding carboxylic acids is 1. The Morgan fingerprint density at radius 2 is 1.16 bits per heavy atom. The van der Waals surface area contributed by atoms with Crippen LogP contribution in [0.2, 0.25) is 0 Å². The van der Waals surface area contributed by atoms with Gasteiger partial charge in [-0.2, -0.15) is 0 Å². The van der Waals surface area contributed by atoms with Gasteiger partial charge in [-0.25, -0.2) is 0 Å². The monoisotopic (exact) mass is 456 g/mol. The normalized spacial score (nSPS) is 12.8. The lowest BCUT2D eigenvalue weighted by Gasteiger charge is -2.28. The zero-order valence-electron chi connectivity index (χ0n) is 21.7. The third-order valence-corrected chi connectivity index (χ3v) is 6.95. The lowest BCUT2D eigenvalue weighted by Crippen LogP contribution is -2.18. The molecule has 32 heavy (non-hydrogen) atoms. The quantitative estimate of drug-likeness (QED) is 0.497. The van der Waals surface area contributed by atoms with Crippen molar-refractivity contribution in [2.45, 2.75) is 98.2 Å². The minimum absolute atomic E-state index is 0.0285. The third kappa shape index (κ3) is 5.51. The Morgan fingerprint density at radius 1 is 0.750 bits per heavy atom. The van der Waals surface area contributed by atoms with Gasteiger partial charge in [0.05, 0.1) is 0 Å². The van der Waals surface area contributed by atoms with Crippen molar-refractivity contribution in [2.75, 3.05) is 0 Å². The average molecular weight is 457 g/mol. The third-order valence-electron chi connectivity index (χ3n) is 6.02. The Labute approximate surface area is 198 Å². The number of aryl methyl sites for hydroxylation is 1.